The zero-order valence-electron chi connectivity index (χ0n) is 19.6. The van der Waals surface area contributed by atoms with Crippen molar-refractivity contribution in [3.05, 3.63) is 52.5 Å². The van der Waals surface area contributed by atoms with E-state index in [-0.39, 0.29) is 17.2 Å². The van der Waals surface area contributed by atoms with E-state index in [0.29, 0.717) is 29.4 Å². The number of alkyl carbamates (subject to hydrolysis) is 1. The van der Waals surface area contributed by atoms with Crippen molar-refractivity contribution < 1.29 is 27.4 Å². The molecule has 1 N–H and O–H groups in total. The topological polar surface area (TPSA) is 50.8 Å². The van der Waals surface area contributed by atoms with Crippen molar-refractivity contribution in [2.24, 2.45) is 11.3 Å². The summed E-state index contributed by atoms with van der Waals surface area (Å²) in [4.78, 5) is 15.2. The number of hydrogen-bond acceptors (Lipinski definition) is 4. The van der Waals surface area contributed by atoms with E-state index in [0.717, 1.165) is 50.2 Å². The lowest BCUT2D eigenvalue weighted by molar-refractivity contribution is -0.137. The van der Waals surface area contributed by atoms with Gasteiger partial charge in [0.25, 0.3) is 0 Å². The van der Waals surface area contributed by atoms with Crippen LogP contribution in [0, 0.1) is 11.3 Å². The normalized spacial score (nSPS) is 27.0. The van der Waals surface area contributed by atoms with Crippen molar-refractivity contribution in [2.75, 3.05) is 26.2 Å². The maximum absolute atomic E-state index is 13.0. The summed E-state index contributed by atoms with van der Waals surface area (Å²) in [7, 11) is 0. The predicted molar refractivity (Wildman–Crippen MR) is 126 cm³/mol. The van der Waals surface area contributed by atoms with Gasteiger partial charge in [-0.15, -0.1) is 0 Å². The summed E-state index contributed by atoms with van der Waals surface area (Å²) < 4.78 is 50.9. The second-order valence-electron chi connectivity index (χ2n) is 10.4. The Hall–Kier alpha value is -2.45. The van der Waals surface area contributed by atoms with Gasteiger partial charge in [0, 0.05) is 28.1 Å². The number of fused-ring (bicyclic) bond motifs is 4. The van der Waals surface area contributed by atoms with Crippen molar-refractivity contribution in [3.63, 3.8) is 0 Å². The van der Waals surface area contributed by atoms with Gasteiger partial charge in [0.1, 0.15) is 11.9 Å². The number of alkyl halides is 3. The van der Waals surface area contributed by atoms with Crippen LogP contribution >= 0.6 is 11.6 Å². The van der Waals surface area contributed by atoms with E-state index in [1.54, 1.807) is 12.1 Å². The van der Waals surface area contributed by atoms with Gasteiger partial charge < -0.3 is 14.8 Å². The predicted octanol–water partition coefficient (Wildman–Crippen LogP) is 6.31. The highest BCUT2D eigenvalue weighted by molar-refractivity contribution is 6.33. The van der Waals surface area contributed by atoms with Crippen LogP contribution in [0.3, 0.4) is 0 Å². The molecular weight excluding hydrogens is 481 g/mol. The Morgan fingerprint density at radius 1 is 1.17 bits per heavy atom. The molecule has 1 amide bonds. The minimum absolute atomic E-state index is 0.00619. The Bertz CT molecular complexity index is 1130. The van der Waals surface area contributed by atoms with Crippen molar-refractivity contribution in [1.82, 2.24) is 10.2 Å². The average molecular weight is 509 g/mol. The van der Waals surface area contributed by atoms with Gasteiger partial charge >= 0.3 is 12.3 Å². The second kappa shape index (κ2) is 8.89. The minimum atomic E-state index is -4.46. The number of rotatable bonds is 3. The fraction of sp³-hybridized carbons (Fsp3) is 0.500. The number of hydrogen-bond donors (Lipinski definition) is 1. The molecule has 1 unspecified atom stereocenters. The first-order valence-electron chi connectivity index (χ1n) is 11.8. The molecule has 188 valence electrons. The molecule has 4 heterocycles. The van der Waals surface area contributed by atoms with Crippen LogP contribution in [0.15, 0.2) is 36.4 Å². The Morgan fingerprint density at radius 3 is 2.54 bits per heavy atom. The fourth-order valence-electron chi connectivity index (χ4n) is 5.37. The maximum atomic E-state index is 13.0. The van der Waals surface area contributed by atoms with E-state index < -0.39 is 23.2 Å². The average Bonchev–Trinajstić information content (AvgIpc) is 2.81. The summed E-state index contributed by atoms with van der Waals surface area (Å²) in [6, 6.07) is 8.32. The first-order valence-corrected chi connectivity index (χ1v) is 12.2. The van der Waals surface area contributed by atoms with Crippen LogP contribution in [0.2, 0.25) is 5.02 Å². The van der Waals surface area contributed by atoms with E-state index in [1.165, 1.54) is 6.07 Å². The van der Waals surface area contributed by atoms with Crippen molar-refractivity contribution >= 4 is 17.7 Å². The molecule has 35 heavy (non-hydrogen) atoms. The molecule has 5 nitrogen and oxygen atoms in total. The summed E-state index contributed by atoms with van der Waals surface area (Å²) in [5.74, 6) is 0.975. The molecule has 0 saturated carbocycles. The highest BCUT2D eigenvalue weighted by Gasteiger charge is 2.41. The Kier molecular flexibility index (Phi) is 6.16. The number of benzene rings is 2. The first-order chi connectivity index (χ1) is 16.5. The van der Waals surface area contributed by atoms with Gasteiger partial charge in [-0.25, -0.2) is 4.79 Å². The number of carbonyl (C=O) groups excluding carboxylic acids is 1. The number of piperidine rings is 3. The molecule has 9 heteroatoms. The number of ether oxygens (including phenoxy) is 2. The summed E-state index contributed by atoms with van der Waals surface area (Å²) >= 11 is 6.20. The van der Waals surface area contributed by atoms with Gasteiger partial charge in [-0.05, 0) is 55.6 Å². The zero-order chi connectivity index (χ0) is 25.0. The van der Waals surface area contributed by atoms with Gasteiger partial charge in [-0.1, -0.05) is 43.6 Å². The van der Waals surface area contributed by atoms with Crippen LogP contribution < -0.4 is 10.1 Å². The summed E-state index contributed by atoms with van der Waals surface area (Å²) in [6.07, 6.45) is -2.89. The van der Waals surface area contributed by atoms with E-state index in [2.05, 4.69) is 10.2 Å². The lowest BCUT2D eigenvalue weighted by Gasteiger charge is -2.44. The van der Waals surface area contributed by atoms with Crippen molar-refractivity contribution in [3.8, 4) is 16.9 Å². The molecule has 0 radical (unpaired) electrons. The molecule has 0 aliphatic carbocycles. The molecule has 0 spiro atoms. The molecule has 4 aliphatic rings. The third-order valence-corrected chi connectivity index (χ3v) is 7.74. The molecule has 2 aromatic carbocycles. The number of amides is 1. The van der Waals surface area contributed by atoms with Crippen LogP contribution in [0.4, 0.5) is 18.0 Å². The third kappa shape index (κ3) is 4.83. The smallest absolute Gasteiger partial charge is 0.416 e. The first kappa shape index (κ1) is 24.3. The largest absolute Gasteiger partial charge is 0.493 e. The van der Waals surface area contributed by atoms with E-state index in [9.17, 15) is 18.0 Å². The minimum Gasteiger partial charge on any atom is -0.493 e. The highest BCUT2D eigenvalue weighted by Crippen LogP contribution is 2.45. The van der Waals surface area contributed by atoms with Crippen molar-refractivity contribution in [2.45, 2.75) is 45.0 Å². The lowest BCUT2D eigenvalue weighted by Crippen LogP contribution is -2.53. The SMILES string of the molecule is CC1(C)COc2cc(-c3ccc(C(F)(F)F)cc3Cl)ccc2C1NC(=O)O[C@H]1CN2CCC1CC2. The monoisotopic (exact) mass is 508 g/mol. The maximum Gasteiger partial charge on any atom is 0.416 e. The molecule has 3 saturated heterocycles. The molecule has 4 aliphatic heterocycles. The fourth-order valence-corrected chi connectivity index (χ4v) is 5.66. The molecule has 2 atom stereocenters. The highest BCUT2D eigenvalue weighted by atomic mass is 35.5. The van der Waals surface area contributed by atoms with Crippen LogP contribution in [-0.4, -0.2) is 43.3 Å². The molecule has 0 aromatic heterocycles. The third-order valence-electron chi connectivity index (χ3n) is 7.43. The Morgan fingerprint density at radius 2 is 1.91 bits per heavy atom. The number of nitrogens with zero attached hydrogens (tertiary/aromatic N) is 1. The Labute approximate surface area is 207 Å². The summed E-state index contributed by atoms with van der Waals surface area (Å²) in [5, 5.41) is 3.06. The van der Waals surface area contributed by atoms with E-state index in [1.807, 2.05) is 19.9 Å². The quantitative estimate of drug-likeness (QED) is 0.528. The van der Waals surface area contributed by atoms with Crippen LogP contribution in [0.5, 0.6) is 5.75 Å². The molecule has 2 aromatic rings. The van der Waals surface area contributed by atoms with Gasteiger partial charge in [-0.3, -0.25) is 4.90 Å². The lowest BCUT2D eigenvalue weighted by atomic mass is 9.78. The van der Waals surface area contributed by atoms with Gasteiger partial charge in [0.2, 0.25) is 0 Å². The standard InChI is InChI=1S/C26H28ClF3N2O3/c1-25(2)14-34-21-11-16(18-6-4-17(12-20(18)27)26(28,29)30)3-5-19(21)23(25)31-24(33)35-22-13-32-9-7-15(22)8-10-32/h3-6,11-12,15,22-23H,7-10,13-14H2,1-2H3,(H,31,33)/t22-,23?/m0/s1. The number of nitrogens with one attached hydrogen (secondary N) is 1. The number of carbonyl (C=O) groups is 1. The van der Waals surface area contributed by atoms with Crippen LogP contribution in [0.25, 0.3) is 11.1 Å². The Balaban J connectivity index is 1.36. The van der Waals surface area contributed by atoms with E-state index in [4.69, 9.17) is 21.1 Å². The molecule has 2 bridgehead atoms. The van der Waals surface area contributed by atoms with Crippen molar-refractivity contribution in [1.29, 1.82) is 0 Å². The van der Waals surface area contributed by atoms with Gasteiger partial charge in [-0.2, -0.15) is 13.2 Å². The summed E-state index contributed by atoms with van der Waals surface area (Å²) in [5.41, 5.74) is 0.707. The van der Waals surface area contributed by atoms with Crippen LogP contribution in [-0.2, 0) is 10.9 Å². The van der Waals surface area contributed by atoms with Gasteiger partial charge in [0.05, 0.1) is 18.2 Å². The zero-order valence-corrected chi connectivity index (χ0v) is 20.4. The molecule has 3 fully saturated rings. The number of halogens is 4. The molecule has 6 rings (SSSR count). The molecular formula is C26H28ClF3N2O3. The second-order valence-corrected chi connectivity index (χ2v) is 10.8. The van der Waals surface area contributed by atoms with Gasteiger partial charge in [0.15, 0.2) is 0 Å². The van der Waals surface area contributed by atoms with E-state index >= 15 is 0 Å². The van der Waals surface area contributed by atoms with Crippen LogP contribution in [0.1, 0.15) is 43.9 Å². The summed E-state index contributed by atoms with van der Waals surface area (Å²) in [6.45, 7) is 7.29.